The van der Waals surface area contributed by atoms with E-state index in [1.807, 2.05) is 13.8 Å². The van der Waals surface area contributed by atoms with Gasteiger partial charge in [-0.25, -0.2) is 0 Å². The molecule has 0 aliphatic carbocycles. The van der Waals surface area contributed by atoms with Gasteiger partial charge >= 0.3 is 0 Å². The summed E-state index contributed by atoms with van der Waals surface area (Å²) < 4.78 is 0. The maximum absolute atomic E-state index is 12.0. The smallest absolute Gasteiger partial charge is 0.270 e. The second-order valence-corrected chi connectivity index (χ2v) is 5.01. The van der Waals surface area contributed by atoms with Crippen molar-refractivity contribution in [2.45, 2.75) is 39.2 Å². The summed E-state index contributed by atoms with van der Waals surface area (Å²) in [6.45, 7) is 6.01. The normalized spacial score (nSPS) is 12.3. The van der Waals surface area contributed by atoms with Crippen LogP contribution in [-0.4, -0.2) is 27.5 Å². The molecule has 1 heterocycles. The van der Waals surface area contributed by atoms with Gasteiger partial charge in [0.15, 0.2) is 5.84 Å². The van der Waals surface area contributed by atoms with E-state index in [4.69, 9.17) is 10.9 Å². The second kappa shape index (κ2) is 6.17. The molecular formula is C13H20N4O2. The molecule has 104 valence electrons. The molecule has 0 unspecified atom stereocenters. The number of hydrogen-bond acceptors (Lipinski definition) is 4. The Morgan fingerprint density at radius 1 is 1.53 bits per heavy atom. The third-order valence-corrected chi connectivity index (χ3v) is 2.73. The van der Waals surface area contributed by atoms with E-state index in [2.05, 4.69) is 22.4 Å². The lowest BCUT2D eigenvalue weighted by atomic mass is 9.99. The van der Waals surface area contributed by atoms with Crippen molar-refractivity contribution in [3.05, 3.63) is 29.6 Å². The molecule has 1 amide bonds. The van der Waals surface area contributed by atoms with Crippen LogP contribution in [0.3, 0.4) is 0 Å². The molecule has 1 aromatic heterocycles. The van der Waals surface area contributed by atoms with Gasteiger partial charge in [-0.1, -0.05) is 18.5 Å². The summed E-state index contributed by atoms with van der Waals surface area (Å²) in [5, 5.41) is 14.3. The van der Waals surface area contributed by atoms with Gasteiger partial charge in [0.1, 0.15) is 5.69 Å². The van der Waals surface area contributed by atoms with Crippen LogP contribution in [-0.2, 0) is 0 Å². The number of nitrogens with one attached hydrogen (secondary N) is 1. The van der Waals surface area contributed by atoms with E-state index in [9.17, 15) is 4.79 Å². The number of oxime groups is 1. The average Bonchev–Trinajstić information content (AvgIpc) is 2.37. The van der Waals surface area contributed by atoms with Gasteiger partial charge in [0, 0.05) is 17.3 Å². The number of rotatable bonds is 5. The molecule has 0 fully saturated rings. The van der Waals surface area contributed by atoms with E-state index < -0.39 is 0 Å². The maximum atomic E-state index is 12.0. The summed E-state index contributed by atoms with van der Waals surface area (Å²) >= 11 is 0. The molecular weight excluding hydrogens is 244 g/mol. The van der Waals surface area contributed by atoms with Crippen LogP contribution < -0.4 is 11.1 Å². The van der Waals surface area contributed by atoms with E-state index in [1.54, 1.807) is 12.1 Å². The minimum Gasteiger partial charge on any atom is -0.409 e. The lowest BCUT2D eigenvalue weighted by Crippen LogP contribution is -2.43. The topological polar surface area (TPSA) is 101 Å². The van der Waals surface area contributed by atoms with Crippen LogP contribution in [0.25, 0.3) is 0 Å². The number of carbonyl (C=O) groups is 1. The molecule has 0 saturated heterocycles. The first kappa shape index (κ1) is 14.9. The van der Waals surface area contributed by atoms with Crippen LogP contribution in [0.15, 0.2) is 23.5 Å². The average molecular weight is 264 g/mol. The first-order chi connectivity index (χ1) is 8.89. The van der Waals surface area contributed by atoms with Crippen molar-refractivity contribution in [3.8, 4) is 0 Å². The van der Waals surface area contributed by atoms with Crippen molar-refractivity contribution in [1.29, 1.82) is 0 Å². The number of aromatic nitrogens is 1. The second-order valence-electron chi connectivity index (χ2n) is 5.01. The SMILES string of the molecule is CCCC(C)(C)NC(=O)c1ccc(/C(N)=N/O)cn1. The molecule has 6 nitrogen and oxygen atoms in total. The Hall–Kier alpha value is -2.11. The highest BCUT2D eigenvalue weighted by atomic mass is 16.4. The summed E-state index contributed by atoms with van der Waals surface area (Å²) in [6, 6.07) is 3.13. The van der Waals surface area contributed by atoms with Gasteiger partial charge in [-0.15, -0.1) is 0 Å². The lowest BCUT2D eigenvalue weighted by molar-refractivity contribution is 0.0904. The van der Waals surface area contributed by atoms with Crippen molar-refractivity contribution in [1.82, 2.24) is 10.3 Å². The van der Waals surface area contributed by atoms with Crippen molar-refractivity contribution in [2.24, 2.45) is 10.9 Å². The van der Waals surface area contributed by atoms with Gasteiger partial charge < -0.3 is 16.3 Å². The molecule has 0 spiro atoms. The minimum atomic E-state index is -0.266. The number of amidine groups is 1. The summed E-state index contributed by atoms with van der Waals surface area (Å²) in [4.78, 5) is 16.0. The van der Waals surface area contributed by atoms with Crippen molar-refractivity contribution >= 4 is 11.7 Å². The first-order valence-electron chi connectivity index (χ1n) is 6.16. The van der Waals surface area contributed by atoms with Crippen LogP contribution in [0.4, 0.5) is 0 Å². The largest absolute Gasteiger partial charge is 0.409 e. The molecule has 4 N–H and O–H groups in total. The molecule has 0 aromatic carbocycles. The number of carbonyl (C=O) groups excluding carboxylic acids is 1. The van der Waals surface area contributed by atoms with Crippen LogP contribution in [0.1, 0.15) is 49.7 Å². The first-order valence-corrected chi connectivity index (χ1v) is 6.16. The fourth-order valence-corrected chi connectivity index (χ4v) is 1.80. The van der Waals surface area contributed by atoms with E-state index in [0.29, 0.717) is 11.3 Å². The Morgan fingerprint density at radius 3 is 2.68 bits per heavy atom. The van der Waals surface area contributed by atoms with Crippen LogP contribution in [0.5, 0.6) is 0 Å². The number of amides is 1. The highest BCUT2D eigenvalue weighted by Crippen LogP contribution is 2.11. The molecule has 1 rings (SSSR count). The molecule has 1 aromatic rings. The molecule has 0 aliphatic heterocycles. The van der Waals surface area contributed by atoms with E-state index in [-0.39, 0.29) is 17.3 Å². The predicted molar refractivity (Wildman–Crippen MR) is 73.2 cm³/mol. The standard InChI is InChI=1S/C13H20N4O2/c1-4-7-13(2,3)16-12(18)10-6-5-9(8-15-10)11(14)17-19/h5-6,8,19H,4,7H2,1-3H3,(H2,14,17)(H,16,18). The Kier molecular flexibility index (Phi) is 4.86. The van der Waals surface area contributed by atoms with Gasteiger partial charge in [-0.3, -0.25) is 9.78 Å². The van der Waals surface area contributed by atoms with Crippen LogP contribution >= 0.6 is 0 Å². The fourth-order valence-electron chi connectivity index (χ4n) is 1.80. The number of hydrogen-bond donors (Lipinski definition) is 3. The zero-order valence-electron chi connectivity index (χ0n) is 11.5. The van der Waals surface area contributed by atoms with Crippen molar-refractivity contribution in [3.63, 3.8) is 0 Å². The molecule has 19 heavy (non-hydrogen) atoms. The quantitative estimate of drug-likeness (QED) is 0.324. The molecule has 0 radical (unpaired) electrons. The molecule has 6 heteroatoms. The van der Waals surface area contributed by atoms with Crippen molar-refractivity contribution < 1.29 is 10.0 Å². The van der Waals surface area contributed by atoms with E-state index in [1.165, 1.54) is 6.20 Å². The Bertz CT molecular complexity index is 466. The number of nitrogens with zero attached hydrogens (tertiary/aromatic N) is 2. The summed E-state index contributed by atoms with van der Waals surface area (Å²) in [5.74, 6) is -0.268. The molecule has 0 saturated carbocycles. The Labute approximate surface area is 112 Å². The predicted octanol–water partition coefficient (Wildman–Crippen LogP) is 1.48. The van der Waals surface area contributed by atoms with Gasteiger partial charge in [0.05, 0.1) is 0 Å². The van der Waals surface area contributed by atoms with Crippen molar-refractivity contribution in [2.75, 3.05) is 0 Å². The van der Waals surface area contributed by atoms with Gasteiger partial charge in [0.2, 0.25) is 0 Å². The van der Waals surface area contributed by atoms with E-state index in [0.717, 1.165) is 12.8 Å². The number of nitrogens with two attached hydrogens (primary N) is 1. The monoisotopic (exact) mass is 264 g/mol. The third kappa shape index (κ3) is 4.24. The highest BCUT2D eigenvalue weighted by molar-refractivity contribution is 5.98. The fraction of sp³-hybridized carbons (Fsp3) is 0.462. The van der Waals surface area contributed by atoms with Crippen LogP contribution in [0, 0.1) is 0 Å². The Balaban J connectivity index is 2.79. The zero-order valence-corrected chi connectivity index (χ0v) is 11.5. The minimum absolute atomic E-state index is 0.0363. The summed E-state index contributed by atoms with van der Waals surface area (Å²) in [5.41, 5.74) is 5.92. The summed E-state index contributed by atoms with van der Waals surface area (Å²) in [7, 11) is 0. The molecule has 0 atom stereocenters. The maximum Gasteiger partial charge on any atom is 0.270 e. The third-order valence-electron chi connectivity index (χ3n) is 2.73. The van der Waals surface area contributed by atoms with Gasteiger partial charge in [-0.2, -0.15) is 0 Å². The molecule has 0 aliphatic rings. The van der Waals surface area contributed by atoms with Gasteiger partial charge in [0.25, 0.3) is 5.91 Å². The zero-order chi connectivity index (χ0) is 14.5. The Morgan fingerprint density at radius 2 is 2.21 bits per heavy atom. The number of pyridine rings is 1. The van der Waals surface area contributed by atoms with Crippen LogP contribution in [0.2, 0.25) is 0 Å². The molecule has 0 bridgehead atoms. The van der Waals surface area contributed by atoms with E-state index >= 15 is 0 Å². The lowest BCUT2D eigenvalue weighted by Gasteiger charge is -2.25. The summed E-state index contributed by atoms with van der Waals surface area (Å²) in [6.07, 6.45) is 3.28. The van der Waals surface area contributed by atoms with Gasteiger partial charge in [-0.05, 0) is 32.4 Å². The highest BCUT2D eigenvalue weighted by Gasteiger charge is 2.20.